The molecule has 0 aliphatic carbocycles. The van der Waals surface area contributed by atoms with Crippen molar-refractivity contribution in [3.63, 3.8) is 0 Å². The van der Waals surface area contributed by atoms with Gasteiger partial charge in [-0.25, -0.2) is 0 Å². The fraction of sp³-hybridized carbons (Fsp3) is 0.440. The molecule has 1 aliphatic heterocycles. The van der Waals surface area contributed by atoms with Gasteiger partial charge < -0.3 is 0 Å². The first-order chi connectivity index (χ1) is 16.4. The Kier molecular flexibility index (Phi) is 12.1. The number of allylic oxidation sites excluding steroid dienone is 2. The van der Waals surface area contributed by atoms with Crippen LogP contribution in [0.1, 0.15) is 32.8 Å². The van der Waals surface area contributed by atoms with Crippen LogP contribution < -0.4 is 41.9 Å². The molecule has 1 aromatic carbocycles. The van der Waals surface area contributed by atoms with E-state index in [2.05, 4.69) is 29.1 Å². The fourth-order valence-corrected chi connectivity index (χ4v) is 4.57. The number of ether oxygens (including phenoxy) is 3. The summed E-state index contributed by atoms with van der Waals surface area (Å²) in [5.74, 6) is 0.768. The van der Waals surface area contributed by atoms with Crippen molar-refractivity contribution < 1.29 is 40.2 Å². The number of amides is 2. The molecule has 0 unspecified atom stereocenters. The molecule has 0 saturated carbocycles. The van der Waals surface area contributed by atoms with Gasteiger partial charge >= 0.3 is 207 Å². The van der Waals surface area contributed by atoms with Crippen LogP contribution in [0.2, 0.25) is 0 Å². The van der Waals surface area contributed by atoms with E-state index in [1.807, 2.05) is 51.1 Å². The van der Waals surface area contributed by atoms with Crippen LogP contribution in [-0.4, -0.2) is 51.8 Å². The van der Waals surface area contributed by atoms with Gasteiger partial charge in [0.15, 0.2) is 0 Å². The number of methoxy groups -OCH3 is 2. The maximum absolute atomic E-state index is 12.2. The molecule has 1 aliphatic rings. The molecule has 0 bridgehead atoms. The van der Waals surface area contributed by atoms with Gasteiger partial charge in [-0.05, 0) is 0 Å². The van der Waals surface area contributed by atoms with Crippen LogP contribution in [0, 0.1) is 0 Å². The van der Waals surface area contributed by atoms with Crippen molar-refractivity contribution in [1.82, 2.24) is 16.0 Å². The number of hydrogen-bond acceptors (Lipinski definition) is 6. The standard InChI is InChI=1S/C25H36IN4O4/c1-6-27-23-15-22(34-14-13-32-4)10-7-19(23)18-29-20-8-9-21(17-26-16-20)30-24(31)28-12-11-25(2,3)33-5/h6-10,15-17,29H,11-14,18H2,1-5H3,(H2,28,30,31)/q-1. The second-order valence-electron chi connectivity index (χ2n) is 8.06. The van der Waals surface area contributed by atoms with Crippen molar-refractivity contribution in [2.24, 2.45) is 4.99 Å². The van der Waals surface area contributed by atoms with Crippen molar-refractivity contribution >= 4 is 17.9 Å². The molecule has 2 rings (SSSR count). The van der Waals surface area contributed by atoms with Gasteiger partial charge in [-0.15, -0.1) is 0 Å². The molecule has 188 valence electrons. The van der Waals surface area contributed by atoms with Gasteiger partial charge in [0.2, 0.25) is 0 Å². The maximum atomic E-state index is 12.2. The molecular weight excluding hydrogens is 547 g/mol. The van der Waals surface area contributed by atoms with E-state index >= 15 is 0 Å². The van der Waals surface area contributed by atoms with Crippen LogP contribution in [-0.2, 0) is 16.0 Å². The second kappa shape index (κ2) is 14.8. The fourth-order valence-electron chi connectivity index (χ4n) is 2.82. The van der Waals surface area contributed by atoms with E-state index < -0.39 is 0 Å². The molecule has 2 amide bonds. The first-order valence-electron chi connectivity index (χ1n) is 11.1. The number of urea groups is 1. The monoisotopic (exact) mass is 583 g/mol. The molecule has 1 heterocycles. The Bertz CT molecular complexity index is 925. The molecule has 3 N–H and O–H groups in total. The van der Waals surface area contributed by atoms with E-state index in [1.165, 1.54) is 0 Å². The first kappa shape index (κ1) is 27.9. The predicted molar refractivity (Wildman–Crippen MR) is 132 cm³/mol. The van der Waals surface area contributed by atoms with Crippen LogP contribution in [0.15, 0.2) is 54.9 Å². The molecule has 0 spiro atoms. The number of nitrogens with one attached hydrogen (secondary N) is 3. The third-order valence-corrected chi connectivity index (χ3v) is 7.05. The summed E-state index contributed by atoms with van der Waals surface area (Å²) in [6.07, 6.45) is 6.41. The van der Waals surface area contributed by atoms with Gasteiger partial charge in [-0.1, -0.05) is 0 Å². The summed E-state index contributed by atoms with van der Waals surface area (Å²) in [5, 5.41) is 9.27. The van der Waals surface area contributed by atoms with E-state index in [0.717, 1.165) is 34.8 Å². The molecule has 1 aromatic rings. The quantitative estimate of drug-likeness (QED) is 0.183. The summed E-state index contributed by atoms with van der Waals surface area (Å²) in [7, 11) is 3.33. The Balaban J connectivity index is 1.87. The van der Waals surface area contributed by atoms with E-state index in [4.69, 9.17) is 14.2 Å². The molecule has 0 atom stereocenters. The zero-order valence-corrected chi connectivity index (χ0v) is 22.8. The molecule has 0 aromatic heterocycles. The molecule has 0 fully saturated rings. The van der Waals surface area contributed by atoms with Crippen LogP contribution in [0.4, 0.5) is 10.5 Å². The SMILES string of the molecule is CC=Nc1cc(OCCOC)ccc1CNC1=C[I-]C=C(NC(=O)NCCC(C)(C)OC)C=C1. The normalized spacial score (nSPS) is 14.0. The Morgan fingerprint density at radius 1 is 1.15 bits per heavy atom. The zero-order chi connectivity index (χ0) is 24.8. The summed E-state index contributed by atoms with van der Waals surface area (Å²) in [6.45, 7) is 8.10. The summed E-state index contributed by atoms with van der Waals surface area (Å²) >= 11 is -0.345. The van der Waals surface area contributed by atoms with Crippen molar-refractivity contribution in [2.75, 3.05) is 34.0 Å². The average molecular weight is 583 g/mol. The van der Waals surface area contributed by atoms with Gasteiger partial charge in [-0.2, -0.15) is 0 Å². The minimum atomic E-state index is -0.345. The van der Waals surface area contributed by atoms with E-state index in [-0.39, 0.29) is 32.8 Å². The number of halogens is 1. The van der Waals surface area contributed by atoms with Gasteiger partial charge in [0.1, 0.15) is 0 Å². The van der Waals surface area contributed by atoms with Gasteiger partial charge in [0.05, 0.1) is 0 Å². The number of carbonyl (C=O) groups is 1. The number of hydrogen-bond donors (Lipinski definition) is 3. The minimum absolute atomic E-state index is 0.210. The number of carbonyl (C=O) groups excluding carboxylic acids is 1. The Morgan fingerprint density at radius 2 is 1.91 bits per heavy atom. The van der Waals surface area contributed by atoms with Crippen LogP contribution in [0.25, 0.3) is 0 Å². The number of aliphatic imine (C=N–C) groups is 1. The second-order valence-corrected chi connectivity index (χ2v) is 10.0. The van der Waals surface area contributed by atoms with E-state index in [0.29, 0.717) is 26.3 Å². The third kappa shape index (κ3) is 10.3. The predicted octanol–water partition coefficient (Wildman–Crippen LogP) is 0.980. The number of nitrogens with zero attached hydrogens (tertiary/aromatic N) is 1. The first-order valence-corrected chi connectivity index (χ1v) is 13.6. The molecule has 8 nitrogen and oxygen atoms in total. The van der Waals surface area contributed by atoms with E-state index in [1.54, 1.807) is 20.4 Å². The molecular formula is C25H36IN4O4-. The Hall–Kier alpha value is -2.37. The molecule has 34 heavy (non-hydrogen) atoms. The summed E-state index contributed by atoms with van der Waals surface area (Å²) in [5.41, 5.74) is 3.50. The summed E-state index contributed by atoms with van der Waals surface area (Å²) in [6, 6.07) is 5.70. The Labute approximate surface area is 213 Å². The molecule has 0 saturated heterocycles. The van der Waals surface area contributed by atoms with Crippen molar-refractivity contribution in [3.8, 4) is 5.75 Å². The number of rotatable bonds is 13. The van der Waals surface area contributed by atoms with Crippen LogP contribution in [0.3, 0.4) is 0 Å². The summed E-state index contributed by atoms with van der Waals surface area (Å²) in [4.78, 5) is 16.7. The van der Waals surface area contributed by atoms with Gasteiger partial charge in [0.25, 0.3) is 0 Å². The van der Waals surface area contributed by atoms with Gasteiger partial charge in [0, 0.05) is 7.11 Å². The van der Waals surface area contributed by atoms with Gasteiger partial charge in [-0.3, -0.25) is 0 Å². The van der Waals surface area contributed by atoms with Crippen molar-refractivity contribution in [1.29, 1.82) is 0 Å². The average Bonchev–Trinajstić information content (AvgIpc) is 3.04. The topological polar surface area (TPSA) is 93.2 Å². The zero-order valence-electron chi connectivity index (χ0n) is 20.6. The van der Waals surface area contributed by atoms with E-state index in [9.17, 15) is 4.79 Å². The van der Waals surface area contributed by atoms with Crippen molar-refractivity contribution in [2.45, 2.75) is 39.3 Å². The third-order valence-electron chi connectivity index (χ3n) is 4.99. The Morgan fingerprint density at radius 3 is 2.65 bits per heavy atom. The summed E-state index contributed by atoms with van der Waals surface area (Å²) < 4.78 is 20.4. The molecule has 9 heteroatoms. The molecule has 0 radical (unpaired) electrons. The van der Waals surface area contributed by atoms with Crippen LogP contribution in [0.5, 0.6) is 5.75 Å². The van der Waals surface area contributed by atoms with Crippen molar-refractivity contribution in [3.05, 3.63) is 55.5 Å². The number of benzene rings is 1. The van der Waals surface area contributed by atoms with Crippen LogP contribution >= 0.6 is 0 Å².